The molecule has 1 atom stereocenters. The molecule has 0 spiro atoms. The molecule has 112 valence electrons. The van der Waals surface area contributed by atoms with E-state index in [0.29, 0.717) is 6.61 Å². The van der Waals surface area contributed by atoms with E-state index >= 15 is 0 Å². The third-order valence-electron chi connectivity index (χ3n) is 3.22. The minimum atomic E-state index is -0.110. The van der Waals surface area contributed by atoms with Crippen LogP contribution in [0.15, 0.2) is 42.7 Å². The molecule has 0 aliphatic carbocycles. The van der Waals surface area contributed by atoms with E-state index in [1.54, 1.807) is 10.9 Å². The van der Waals surface area contributed by atoms with Crippen LogP contribution in [0, 0.1) is 0 Å². The molecule has 2 rings (SSSR count). The van der Waals surface area contributed by atoms with Crippen molar-refractivity contribution >= 4 is 5.91 Å². The number of carbonyl (C=O) groups excluding carboxylic acids is 1. The lowest BCUT2D eigenvalue weighted by atomic mass is 10.1. The van der Waals surface area contributed by atoms with Crippen LogP contribution in [0.1, 0.15) is 30.5 Å². The Morgan fingerprint density at radius 1 is 1.38 bits per heavy atom. The molecule has 1 aromatic heterocycles. The first kappa shape index (κ1) is 15.3. The Morgan fingerprint density at radius 2 is 2.14 bits per heavy atom. The molecule has 5 nitrogen and oxygen atoms in total. The van der Waals surface area contributed by atoms with Gasteiger partial charge < -0.3 is 10.1 Å². The van der Waals surface area contributed by atoms with Crippen LogP contribution in [-0.2, 0) is 23.2 Å². The molecule has 5 heteroatoms. The minimum Gasteiger partial charge on any atom is -0.367 e. The number of aromatic nitrogens is 2. The Hall–Kier alpha value is -2.14. The number of amides is 1. The van der Waals surface area contributed by atoms with Crippen LogP contribution in [0.4, 0.5) is 0 Å². The van der Waals surface area contributed by atoms with Gasteiger partial charge in [-0.3, -0.25) is 9.48 Å². The summed E-state index contributed by atoms with van der Waals surface area (Å²) < 4.78 is 7.17. The number of hydrogen-bond acceptors (Lipinski definition) is 3. The van der Waals surface area contributed by atoms with Crippen molar-refractivity contribution in [2.45, 2.75) is 26.0 Å². The summed E-state index contributed by atoms with van der Waals surface area (Å²) in [6.07, 6.45) is 4.51. The fraction of sp³-hybridized carbons (Fsp3) is 0.375. The van der Waals surface area contributed by atoms with E-state index in [0.717, 1.165) is 17.5 Å². The van der Waals surface area contributed by atoms with E-state index in [9.17, 15) is 4.79 Å². The maximum Gasteiger partial charge on any atom is 0.246 e. The average molecular weight is 287 g/mol. The van der Waals surface area contributed by atoms with E-state index < -0.39 is 0 Å². The summed E-state index contributed by atoms with van der Waals surface area (Å²) in [5.74, 6) is -0.110. The number of aryl methyl sites for hydroxylation is 1. The van der Waals surface area contributed by atoms with E-state index in [-0.39, 0.29) is 18.6 Å². The Labute approximate surface area is 124 Å². The maximum absolute atomic E-state index is 11.9. The van der Waals surface area contributed by atoms with Gasteiger partial charge in [0.1, 0.15) is 6.61 Å². The number of ether oxygens (including phenoxy) is 1. The highest BCUT2D eigenvalue weighted by Crippen LogP contribution is 2.15. The Kier molecular flexibility index (Phi) is 5.51. The van der Waals surface area contributed by atoms with Crippen molar-refractivity contribution in [3.8, 4) is 0 Å². The van der Waals surface area contributed by atoms with Crippen molar-refractivity contribution in [1.29, 1.82) is 0 Å². The van der Waals surface area contributed by atoms with Crippen molar-refractivity contribution in [2.24, 2.45) is 7.05 Å². The summed E-state index contributed by atoms with van der Waals surface area (Å²) in [6.45, 7) is 2.53. The van der Waals surface area contributed by atoms with Crippen molar-refractivity contribution in [2.75, 3.05) is 6.61 Å². The fourth-order valence-corrected chi connectivity index (χ4v) is 2.11. The zero-order chi connectivity index (χ0) is 15.1. The molecule has 0 bridgehead atoms. The van der Waals surface area contributed by atoms with Gasteiger partial charge in [-0.1, -0.05) is 37.3 Å². The second-order valence-electron chi connectivity index (χ2n) is 4.95. The summed E-state index contributed by atoms with van der Waals surface area (Å²) in [4.78, 5) is 11.9. The van der Waals surface area contributed by atoms with Gasteiger partial charge in [-0.15, -0.1) is 0 Å². The SMILES string of the molecule is CC[C@@H](NC(=O)COCc1ccccc1)c1cnn(C)c1. The topological polar surface area (TPSA) is 56.1 Å². The Morgan fingerprint density at radius 3 is 2.76 bits per heavy atom. The Bertz CT molecular complexity index is 566. The van der Waals surface area contributed by atoms with Crippen LogP contribution in [0.2, 0.25) is 0 Å². The molecule has 1 N–H and O–H groups in total. The van der Waals surface area contributed by atoms with Crippen LogP contribution in [0.3, 0.4) is 0 Å². The van der Waals surface area contributed by atoms with Gasteiger partial charge in [-0.25, -0.2) is 0 Å². The van der Waals surface area contributed by atoms with Gasteiger partial charge in [-0.2, -0.15) is 5.10 Å². The molecule has 0 fully saturated rings. The van der Waals surface area contributed by atoms with Gasteiger partial charge in [0.15, 0.2) is 0 Å². The zero-order valence-corrected chi connectivity index (χ0v) is 12.5. The number of rotatable bonds is 7. The number of benzene rings is 1. The molecule has 21 heavy (non-hydrogen) atoms. The summed E-state index contributed by atoms with van der Waals surface area (Å²) in [6, 6.07) is 9.79. The van der Waals surface area contributed by atoms with Crippen LogP contribution in [0.25, 0.3) is 0 Å². The van der Waals surface area contributed by atoms with Gasteiger partial charge in [-0.05, 0) is 12.0 Å². The average Bonchev–Trinajstić information content (AvgIpc) is 2.92. The van der Waals surface area contributed by atoms with E-state index in [1.165, 1.54) is 0 Å². The van der Waals surface area contributed by atoms with Crippen LogP contribution in [-0.4, -0.2) is 22.3 Å². The van der Waals surface area contributed by atoms with Crippen LogP contribution in [0.5, 0.6) is 0 Å². The van der Waals surface area contributed by atoms with E-state index in [1.807, 2.05) is 50.5 Å². The first-order chi connectivity index (χ1) is 10.2. The first-order valence-electron chi connectivity index (χ1n) is 7.08. The maximum atomic E-state index is 11.9. The largest absolute Gasteiger partial charge is 0.367 e. The van der Waals surface area contributed by atoms with E-state index in [4.69, 9.17) is 4.74 Å². The van der Waals surface area contributed by atoms with Crippen molar-refractivity contribution in [3.05, 3.63) is 53.9 Å². The van der Waals surface area contributed by atoms with E-state index in [2.05, 4.69) is 10.4 Å². The van der Waals surface area contributed by atoms with Crippen molar-refractivity contribution in [1.82, 2.24) is 15.1 Å². The number of hydrogen-bond donors (Lipinski definition) is 1. The first-order valence-corrected chi connectivity index (χ1v) is 7.08. The lowest BCUT2D eigenvalue weighted by Crippen LogP contribution is -2.31. The third-order valence-corrected chi connectivity index (χ3v) is 3.22. The van der Waals surface area contributed by atoms with Gasteiger partial charge in [0.2, 0.25) is 5.91 Å². The number of nitrogens with zero attached hydrogens (tertiary/aromatic N) is 2. The Balaban J connectivity index is 1.78. The highest BCUT2D eigenvalue weighted by molar-refractivity contribution is 5.77. The monoisotopic (exact) mass is 287 g/mol. The molecule has 0 aliphatic heterocycles. The quantitative estimate of drug-likeness (QED) is 0.849. The highest BCUT2D eigenvalue weighted by Gasteiger charge is 2.14. The number of carbonyl (C=O) groups is 1. The molecular formula is C16H21N3O2. The summed E-state index contributed by atoms with van der Waals surface area (Å²) in [7, 11) is 1.86. The van der Waals surface area contributed by atoms with Crippen LogP contribution < -0.4 is 5.32 Å². The molecule has 0 saturated heterocycles. The third kappa shape index (κ3) is 4.72. The van der Waals surface area contributed by atoms with Crippen LogP contribution >= 0.6 is 0 Å². The van der Waals surface area contributed by atoms with Crippen molar-refractivity contribution < 1.29 is 9.53 Å². The van der Waals surface area contributed by atoms with Gasteiger partial charge in [0.25, 0.3) is 0 Å². The lowest BCUT2D eigenvalue weighted by molar-refractivity contribution is -0.126. The molecule has 2 aromatic rings. The molecule has 0 unspecified atom stereocenters. The predicted molar refractivity (Wildman–Crippen MR) is 80.5 cm³/mol. The summed E-state index contributed by atoms with van der Waals surface area (Å²) >= 11 is 0. The minimum absolute atomic E-state index is 0.0217. The molecule has 1 amide bonds. The second-order valence-corrected chi connectivity index (χ2v) is 4.95. The fourth-order valence-electron chi connectivity index (χ4n) is 2.11. The zero-order valence-electron chi connectivity index (χ0n) is 12.5. The molecule has 0 aliphatic rings. The number of nitrogens with one attached hydrogen (secondary N) is 1. The van der Waals surface area contributed by atoms with Gasteiger partial charge in [0.05, 0.1) is 18.8 Å². The van der Waals surface area contributed by atoms with Gasteiger partial charge in [0, 0.05) is 18.8 Å². The lowest BCUT2D eigenvalue weighted by Gasteiger charge is -2.15. The molecule has 0 radical (unpaired) electrons. The predicted octanol–water partition coefficient (Wildman–Crippen LogP) is 2.20. The second kappa shape index (κ2) is 7.59. The van der Waals surface area contributed by atoms with Crippen molar-refractivity contribution in [3.63, 3.8) is 0 Å². The molecule has 1 heterocycles. The normalized spacial score (nSPS) is 12.1. The standard InChI is InChI=1S/C16H21N3O2/c1-3-15(14-9-17-19(2)10-14)18-16(20)12-21-11-13-7-5-4-6-8-13/h4-10,15H,3,11-12H2,1-2H3,(H,18,20)/t15-/m1/s1. The smallest absolute Gasteiger partial charge is 0.246 e. The molecule has 1 aromatic carbocycles. The molecule has 0 saturated carbocycles. The summed E-state index contributed by atoms with van der Waals surface area (Å²) in [5, 5.41) is 7.09. The van der Waals surface area contributed by atoms with Gasteiger partial charge >= 0.3 is 0 Å². The summed E-state index contributed by atoms with van der Waals surface area (Å²) in [5.41, 5.74) is 2.07. The molecular weight excluding hydrogens is 266 g/mol. The highest BCUT2D eigenvalue weighted by atomic mass is 16.5.